The van der Waals surface area contributed by atoms with Crippen molar-refractivity contribution >= 4 is 35.4 Å². The molecule has 0 saturated carbocycles. The van der Waals surface area contributed by atoms with Gasteiger partial charge < -0.3 is 26.0 Å². The average molecular weight is 583 g/mol. The second-order valence-electron chi connectivity index (χ2n) is 11.5. The maximum Gasteiger partial charge on any atom is 0.408 e. The molecule has 2 amide bonds. The molecule has 2 heterocycles. The highest BCUT2D eigenvalue weighted by molar-refractivity contribution is 5.88. The number of fused-ring (bicyclic) bond motifs is 1. The van der Waals surface area contributed by atoms with Crippen molar-refractivity contribution in [2.24, 2.45) is 0 Å². The van der Waals surface area contributed by atoms with Crippen LogP contribution in [0, 0.1) is 12.7 Å². The number of ether oxygens (including phenoxy) is 1. The van der Waals surface area contributed by atoms with Gasteiger partial charge in [0.05, 0.1) is 6.54 Å². The van der Waals surface area contributed by atoms with Crippen LogP contribution in [0.25, 0.3) is 17.5 Å². The summed E-state index contributed by atoms with van der Waals surface area (Å²) in [6, 6.07) is 20.3. The lowest BCUT2D eigenvalue weighted by molar-refractivity contribution is -0.131. The number of nitrogens with one attached hydrogen (secondary N) is 2. The molecule has 1 aliphatic rings. The quantitative estimate of drug-likeness (QED) is 0.223. The Morgan fingerprint density at radius 3 is 2.44 bits per heavy atom. The van der Waals surface area contributed by atoms with Crippen LogP contribution in [-0.4, -0.2) is 38.1 Å². The molecule has 0 saturated heterocycles. The smallest absolute Gasteiger partial charge is 0.408 e. The van der Waals surface area contributed by atoms with E-state index in [1.807, 2.05) is 41.8 Å². The van der Waals surface area contributed by atoms with Crippen LogP contribution in [0.5, 0.6) is 0 Å². The molecule has 1 aliphatic heterocycles. The third-order valence-corrected chi connectivity index (χ3v) is 6.79. The number of anilines is 3. The zero-order valence-electron chi connectivity index (χ0n) is 24.6. The molecule has 222 valence electrons. The number of carbonyl (C=O) groups excluding carboxylic acids is 2. The Bertz CT molecular complexity index is 1660. The number of halogens is 1. The van der Waals surface area contributed by atoms with E-state index in [9.17, 15) is 14.0 Å². The predicted molar refractivity (Wildman–Crippen MR) is 166 cm³/mol. The number of rotatable bonds is 7. The lowest BCUT2D eigenvalue weighted by Crippen LogP contribution is -2.49. The summed E-state index contributed by atoms with van der Waals surface area (Å²) < 4.78 is 21.1. The van der Waals surface area contributed by atoms with E-state index in [1.54, 1.807) is 63.5 Å². The van der Waals surface area contributed by atoms with E-state index < -0.39 is 17.7 Å². The lowest BCUT2D eigenvalue weighted by atomic mass is 10.0. The zero-order valence-corrected chi connectivity index (χ0v) is 24.6. The fourth-order valence-electron chi connectivity index (χ4n) is 4.76. The zero-order chi connectivity index (χ0) is 30.7. The first-order chi connectivity index (χ1) is 20.4. The van der Waals surface area contributed by atoms with E-state index in [0.29, 0.717) is 23.0 Å². The molecule has 0 aliphatic carbocycles. The second kappa shape index (κ2) is 12.0. The summed E-state index contributed by atoms with van der Waals surface area (Å²) in [6.07, 6.45) is 2.93. The summed E-state index contributed by atoms with van der Waals surface area (Å²) in [5, 5.41) is 6.19. The molecular formula is C33H35FN6O3. The molecule has 4 aromatic rings. The Morgan fingerprint density at radius 2 is 1.77 bits per heavy atom. The largest absolute Gasteiger partial charge is 0.444 e. The van der Waals surface area contributed by atoms with Crippen LogP contribution >= 0.6 is 0 Å². The predicted octanol–water partition coefficient (Wildman–Crippen LogP) is 6.23. The molecule has 0 bridgehead atoms. The summed E-state index contributed by atoms with van der Waals surface area (Å²) in [6.45, 7) is 7.43. The number of benzene rings is 3. The van der Waals surface area contributed by atoms with Gasteiger partial charge in [0, 0.05) is 35.8 Å². The number of hydrogen-bond acceptors (Lipinski definition) is 6. The number of aromatic nitrogens is 2. The van der Waals surface area contributed by atoms with Gasteiger partial charge in [-0.2, -0.15) is 0 Å². The maximum absolute atomic E-state index is 13.9. The summed E-state index contributed by atoms with van der Waals surface area (Å²) in [5.41, 5.74) is 9.89. The van der Waals surface area contributed by atoms with Gasteiger partial charge in [0.2, 0.25) is 5.91 Å². The molecule has 4 N–H and O–H groups in total. The van der Waals surface area contributed by atoms with Gasteiger partial charge in [-0.05, 0) is 81.8 Å². The van der Waals surface area contributed by atoms with E-state index >= 15 is 0 Å². The first-order valence-corrected chi connectivity index (χ1v) is 14.0. The molecule has 10 heteroatoms. The molecular weight excluding hydrogens is 547 g/mol. The number of hydrogen-bond donors (Lipinski definition) is 3. The standard InChI is InChI=1S/C33H35FN6O3/c1-21-8-14-26(15-9-21)36-30-29(23-10-12-24(34)13-11-23)38-28-20-39(16-17-40(28)30)31(41)27(37-32(42)43-33(2,3)4)19-22-6-5-7-25(35)18-22/h5-18,27,36H,19-20,35H2,1-4H3,(H,37,42). The Labute approximate surface area is 250 Å². The van der Waals surface area contributed by atoms with Gasteiger partial charge >= 0.3 is 6.09 Å². The van der Waals surface area contributed by atoms with Crippen molar-refractivity contribution < 1.29 is 18.7 Å². The first-order valence-electron chi connectivity index (χ1n) is 14.0. The third kappa shape index (κ3) is 7.21. The van der Waals surface area contributed by atoms with Crippen molar-refractivity contribution in [1.29, 1.82) is 0 Å². The first kappa shape index (κ1) is 29.4. The Kier molecular flexibility index (Phi) is 8.20. The fourth-order valence-corrected chi connectivity index (χ4v) is 4.76. The minimum absolute atomic E-state index is 0.141. The van der Waals surface area contributed by atoms with Crippen LogP contribution < -0.4 is 16.4 Å². The van der Waals surface area contributed by atoms with Crippen LogP contribution in [-0.2, 0) is 22.5 Å². The van der Waals surface area contributed by atoms with Gasteiger partial charge in [-0.1, -0.05) is 29.8 Å². The fraction of sp³-hybridized carbons (Fsp3) is 0.242. The summed E-state index contributed by atoms with van der Waals surface area (Å²) in [7, 11) is 0. The van der Waals surface area contributed by atoms with Crippen molar-refractivity contribution in [2.75, 3.05) is 11.1 Å². The van der Waals surface area contributed by atoms with Crippen LogP contribution in [0.1, 0.15) is 37.7 Å². The second-order valence-corrected chi connectivity index (χ2v) is 11.5. The molecule has 1 atom stereocenters. The van der Waals surface area contributed by atoms with E-state index in [4.69, 9.17) is 15.5 Å². The average Bonchev–Trinajstić information content (AvgIpc) is 3.30. The highest BCUT2D eigenvalue weighted by Gasteiger charge is 2.31. The number of alkyl carbamates (subject to hydrolysis) is 1. The van der Waals surface area contributed by atoms with Gasteiger partial charge in [-0.25, -0.2) is 14.2 Å². The maximum atomic E-state index is 13.9. The Morgan fingerprint density at radius 1 is 1.05 bits per heavy atom. The SMILES string of the molecule is Cc1ccc(Nc2c(-c3ccc(F)cc3)nc3n2C=CN(C(=O)C(Cc2cccc(N)c2)NC(=O)OC(C)(C)C)C3)cc1. The summed E-state index contributed by atoms with van der Waals surface area (Å²) >= 11 is 0. The van der Waals surface area contributed by atoms with Crippen molar-refractivity contribution in [3.05, 3.63) is 102 Å². The van der Waals surface area contributed by atoms with Gasteiger partial charge in [-0.3, -0.25) is 9.36 Å². The highest BCUT2D eigenvalue weighted by atomic mass is 19.1. The van der Waals surface area contributed by atoms with E-state index in [0.717, 1.165) is 22.4 Å². The van der Waals surface area contributed by atoms with Crippen LogP contribution in [0.2, 0.25) is 0 Å². The minimum atomic E-state index is -0.926. The molecule has 3 aromatic carbocycles. The van der Waals surface area contributed by atoms with E-state index in [2.05, 4.69) is 10.6 Å². The number of nitrogen functional groups attached to an aromatic ring is 1. The molecule has 0 spiro atoms. The topological polar surface area (TPSA) is 115 Å². The summed E-state index contributed by atoms with van der Waals surface area (Å²) in [5.74, 6) is 0.582. The lowest BCUT2D eigenvalue weighted by Gasteiger charge is -2.28. The van der Waals surface area contributed by atoms with Gasteiger partial charge in [0.25, 0.3) is 0 Å². The minimum Gasteiger partial charge on any atom is -0.444 e. The molecule has 43 heavy (non-hydrogen) atoms. The summed E-state index contributed by atoms with van der Waals surface area (Å²) in [4.78, 5) is 33.0. The van der Waals surface area contributed by atoms with Crippen molar-refractivity contribution in [3.8, 4) is 11.3 Å². The normalized spacial score (nSPS) is 13.3. The van der Waals surface area contributed by atoms with Crippen molar-refractivity contribution in [1.82, 2.24) is 19.8 Å². The van der Waals surface area contributed by atoms with Gasteiger partial charge in [0.15, 0.2) is 0 Å². The highest BCUT2D eigenvalue weighted by Crippen LogP contribution is 2.34. The van der Waals surface area contributed by atoms with Crippen LogP contribution in [0.15, 0.2) is 79.0 Å². The number of carbonyl (C=O) groups is 2. The number of nitrogens with two attached hydrogens (primary N) is 1. The number of imidazole rings is 1. The molecule has 0 fully saturated rings. The molecule has 1 unspecified atom stereocenters. The Hall–Kier alpha value is -5.12. The number of aryl methyl sites for hydroxylation is 1. The molecule has 1 aromatic heterocycles. The number of amides is 2. The third-order valence-electron chi connectivity index (χ3n) is 6.79. The van der Waals surface area contributed by atoms with Crippen LogP contribution in [0.4, 0.5) is 26.4 Å². The molecule has 0 radical (unpaired) electrons. The van der Waals surface area contributed by atoms with Gasteiger partial charge in [0.1, 0.15) is 34.8 Å². The van der Waals surface area contributed by atoms with Crippen molar-refractivity contribution in [2.45, 2.75) is 52.3 Å². The van der Waals surface area contributed by atoms with E-state index in [-0.39, 0.29) is 24.7 Å². The van der Waals surface area contributed by atoms with Crippen molar-refractivity contribution in [3.63, 3.8) is 0 Å². The number of nitrogens with zero attached hydrogens (tertiary/aromatic N) is 3. The van der Waals surface area contributed by atoms with Crippen LogP contribution in [0.3, 0.4) is 0 Å². The Balaban J connectivity index is 1.45. The van der Waals surface area contributed by atoms with Gasteiger partial charge in [-0.15, -0.1) is 0 Å². The molecule has 5 rings (SSSR count). The van der Waals surface area contributed by atoms with E-state index in [1.165, 1.54) is 17.0 Å². The molecule has 9 nitrogen and oxygen atoms in total. The monoisotopic (exact) mass is 582 g/mol.